The summed E-state index contributed by atoms with van der Waals surface area (Å²) in [4.78, 5) is 2.43. The zero-order valence-corrected chi connectivity index (χ0v) is 11.9. The van der Waals surface area contributed by atoms with Gasteiger partial charge >= 0.3 is 0 Å². The van der Waals surface area contributed by atoms with Crippen LogP contribution in [0.25, 0.3) is 0 Å². The summed E-state index contributed by atoms with van der Waals surface area (Å²) in [6.45, 7) is 2.75. The van der Waals surface area contributed by atoms with Crippen LogP contribution in [0.5, 0.6) is 0 Å². The van der Waals surface area contributed by atoms with E-state index in [-0.39, 0.29) is 6.10 Å². The first kappa shape index (κ1) is 13.1. The summed E-state index contributed by atoms with van der Waals surface area (Å²) in [6.07, 6.45) is 2.97. The highest BCUT2D eigenvalue weighted by Crippen LogP contribution is 2.41. The highest BCUT2D eigenvalue weighted by molar-refractivity contribution is 5.31. The molecule has 3 heteroatoms. The van der Waals surface area contributed by atoms with Gasteiger partial charge in [0.1, 0.15) is 0 Å². The van der Waals surface area contributed by atoms with Gasteiger partial charge in [-0.1, -0.05) is 24.3 Å². The van der Waals surface area contributed by atoms with Crippen molar-refractivity contribution in [3.05, 3.63) is 35.4 Å². The van der Waals surface area contributed by atoms with Crippen LogP contribution in [-0.4, -0.2) is 44.8 Å². The zero-order valence-electron chi connectivity index (χ0n) is 11.9. The summed E-state index contributed by atoms with van der Waals surface area (Å²) in [6, 6.07) is 9.51. The second-order valence-corrected chi connectivity index (χ2v) is 5.84. The monoisotopic (exact) mass is 260 g/mol. The van der Waals surface area contributed by atoms with Crippen LogP contribution in [0.2, 0.25) is 0 Å². The summed E-state index contributed by atoms with van der Waals surface area (Å²) in [7, 11) is 4.20. The Hall–Kier alpha value is -0.900. The molecule has 19 heavy (non-hydrogen) atoms. The van der Waals surface area contributed by atoms with Crippen molar-refractivity contribution in [2.45, 2.75) is 30.9 Å². The van der Waals surface area contributed by atoms with Crippen LogP contribution >= 0.6 is 0 Å². The highest BCUT2D eigenvalue weighted by atomic mass is 16.5. The maximum atomic E-state index is 5.97. The fraction of sp³-hybridized carbons (Fsp3) is 0.625. The molecule has 1 aromatic carbocycles. The minimum atomic E-state index is 0.248. The first-order valence-electron chi connectivity index (χ1n) is 7.36. The zero-order chi connectivity index (χ0) is 13.2. The maximum Gasteiger partial charge on any atom is 0.0896 e. The molecule has 1 aromatic rings. The van der Waals surface area contributed by atoms with Crippen LogP contribution in [0.3, 0.4) is 0 Å². The summed E-state index contributed by atoms with van der Waals surface area (Å²) < 4.78 is 5.97. The van der Waals surface area contributed by atoms with Gasteiger partial charge in [-0.2, -0.15) is 0 Å². The number of benzene rings is 1. The van der Waals surface area contributed by atoms with Crippen LogP contribution in [-0.2, 0) is 4.74 Å². The number of likely N-dealkylation sites (N-methyl/N-ethyl adjacent to an activating group) is 2. The number of nitrogens with one attached hydrogen (secondary N) is 1. The molecule has 1 aliphatic carbocycles. The molecule has 1 heterocycles. The Morgan fingerprint density at radius 1 is 1.32 bits per heavy atom. The third-order valence-electron chi connectivity index (χ3n) is 4.31. The topological polar surface area (TPSA) is 24.5 Å². The fourth-order valence-electron chi connectivity index (χ4n) is 3.12. The molecule has 2 atom stereocenters. The summed E-state index contributed by atoms with van der Waals surface area (Å²) in [5.74, 6) is 0.817. The molecule has 2 unspecified atom stereocenters. The minimum Gasteiger partial charge on any atom is -0.374 e. The lowest BCUT2D eigenvalue weighted by Crippen LogP contribution is -2.47. The van der Waals surface area contributed by atoms with Gasteiger partial charge in [0.05, 0.1) is 18.8 Å². The van der Waals surface area contributed by atoms with Crippen molar-refractivity contribution in [1.82, 2.24) is 10.2 Å². The normalized spacial score (nSPS) is 28.5. The van der Waals surface area contributed by atoms with Crippen LogP contribution in [0, 0.1) is 0 Å². The van der Waals surface area contributed by atoms with E-state index in [2.05, 4.69) is 41.5 Å². The first-order chi connectivity index (χ1) is 9.29. The second kappa shape index (κ2) is 5.61. The van der Waals surface area contributed by atoms with Gasteiger partial charge in [-0.25, -0.2) is 0 Å². The summed E-state index contributed by atoms with van der Waals surface area (Å²) >= 11 is 0. The van der Waals surface area contributed by atoms with Gasteiger partial charge in [0.15, 0.2) is 0 Å². The van der Waals surface area contributed by atoms with E-state index in [0.717, 1.165) is 25.6 Å². The van der Waals surface area contributed by atoms with Gasteiger partial charge in [-0.15, -0.1) is 0 Å². The van der Waals surface area contributed by atoms with E-state index in [4.69, 9.17) is 4.74 Å². The molecule has 104 valence electrons. The van der Waals surface area contributed by atoms with Gasteiger partial charge in [0, 0.05) is 13.1 Å². The van der Waals surface area contributed by atoms with Gasteiger partial charge in [-0.3, -0.25) is 4.90 Å². The van der Waals surface area contributed by atoms with Crippen molar-refractivity contribution in [3.8, 4) is 0 Å². The van der Waals surface area contributed by atoms with E-state index >= 15 is 0 Å². The second-order valence-electron chi connectivity index (χ2n) is 5.84. The molecule has 2 fully saturated rings. The number of hydrogen-bond acceptors (Lipinski definition) is 3. The lowest BCUT2D eigenvalue weighted by atomic mass is 9.95. The van der Waals surface area contributed by atoms with E-state index in [0.29, 0.717) is 6.04 Å². The van der Waals surface area contributed by atoms with Gasteiger partial charge in [0.2, 0.25) is 0 Å². The number of morpholine rings is 1. The van der Waals surface area contributed by atoms with Crippen LogP contribution < -0.4 is 5.32 Å². The van der Waals surface area contributed by atoms with Crippen molar-refractivity contribution in [1.29, 1.82) is 0 Å². The largest absolute Gasteiger partial charge is 0.374 e. The third-order valence-corrected chi connectivity index (χ3v) is 4.31. The predicted molar refractivity (Wildman–Crippen MR) is 77.5 cm³/mol. The molecule has 2 aliphatic rings. The molecular weight excluding hydrogens is 236 g/mol. The maximum absolute atomic E-state index is 5.97. The standard InChI is InChI=1S/C16H24N2O/c1-17-11-15-16(18(2)8-9-19-15)14-5-3-4-13(10-14)12-6-7-12/h3-5,10,12,15-17H,6-9,11H2,1-2H3. The molecule has 0 aromatic heterocycles. The molecule has 1 aliphatic heterocycles. The molecule has 0 spiro atoms. The van der Waals surface area contributed by atoms with Crippen molar-refractivity contribution in [2.24, 2.45) is 0 Å². The number of nitrogens with zero attached hydrogens (tertiary/aromatic N) is 1. The van der Waals surface area contributed by atoms with Crippen LogP contribution in [0.15, 0.2) is 24.3 Å². The Bertz CT molecular complexity index is 429. The first-order valence-corrected chi connectivity index (χ1v) is 7.36. The van der Waals surface area contributed by atoms with E-state index in [9.17, 15) is 0 Å². The van der Waals surface area contributed by atoms with Gasteiger partial charge in [0.25, 0.3) is 0 Å². The third kappa shape index (κ3) is 2.83. The molecule has 3 rings (SSSR count). The molecule has 3 nitrogen and oxygen atoms in total. The fourth-order valence-corrected chi connectivity index (χ4v) is 3.12. The summed E-state index contributed by atoms with van der Waals surface area (Å²) in [5, 5.41) is 3.26. The van der Waals surface area contributed by atoms with E-state index in [1.807, 2.05) is 7.05 Å². The Balaban J connectivity index is 1.85. The van der Waals surface area contributed by atoms with Crippen molar-refractivity contribution in [3.63, 3.8) is 0 Å². The van der Waals surface area contributed by atoms with E-state index in [1.54, 1.807) is 0 Å². The lowest BCUT2D eigenvalue weighted by Gasteiger charge is -2.39. The predicted octanol–water partition coefficient (Wildman–Crippen LogP) is 2.16. The average Bonchev–Trinajstić information content (AvgIpc) is 3.24. The Morgan fingerprint density at radius 3 is 2.84 bits per heavy atom. The molecule has 1 saturated carbocycles. The Morgan fingerprint density at radius 2 is 2.11 bits per heavy atom. The highest BCUT2D eigenvalue weighted by Gasteiger charge is 2.32. The SMILES string of the molecule is CNCC1OCCN(C)C1c1cccc(C2CC2)c1. The Labute approximate surface area is 115 Å². The quantitative estimate of drug-likeness (QED) is 0.898. The van der Waals surface area contributed by atoms with E-state index in [1.165, 1.54) is 24.0 Å². The summed E-state index contributed by atoms with van der Waals surface area (Å²) in [5.41, 5.74) is 2.92. The Kier molecular flexibility index (Phi) is 3.87. The van der Waals surface area contributed by atoms with Crippen LogP contribution in [0.4, 0.5) is 0 Å². The molecule has 1 N–H and O–H groups in total. The molecule has 0 bridgehead atoms. The van der Waals surface area contributed by atoms with Gasteiger partial charge in [-0.05, 0) is 44.0 Å². The molecule has 0 amide bonds. The molecule has 0 radical (unpaired) electrons. The number of hydrogen-bond donors (Lipinski definition) is 1. The van der Waals surface area contributed by atoms with Crippen molar-refractivity contribution in [2.75, 3.05) is 33.8 Å². The number of rotatable bonds is 4. The molecule has 1 saturated heterocycles. The minimum absolute atomic E-state index is 0.248. The van der Waals surface area contributed by atoms with Gasteiger partial charge < -0.3 is 10.1 Å². The van der Waals surface area contributed by atoms with E-state index < -0.39 is 0 Å². The van der Waals surface area contributed by atoms with Crippen molar-refractivity contribution < 1.29 is 4.74 Å². The van der Waals surface area contributed by atoms with Crippen LogP contribution in [0.1, 0.15) is 35.9 Å². The smallest absolute Gasteiger partial charge is 0.0896 e. The van der Waals surface area contributed by atoms with Crippen molar-refractivity contribution >= 4 is 0 Å². The average molecular weight is 260 g/mol. The number of ether oxygens (including phenoxy) is 1. The molecular formula is C16H24N2O. The lowest BCUT2D eigenvalue weighted by molar-refractivity contribution is -0.0606.